The van der Waals surface area contributed by atoms with Crippen LogP contribution in [0.15, 0.2) is 36.7 Å². The molecule has 2 N–H and O–H groups in total. The molecule has 0 bridgehead atoms. The highest BCUT2D eigenvalue weighted by atomic mass is 35.5. The maximum atomic E-state index is 6.33. The minimum Gasteiger partial charge on any atom is -0.383 e. The molecule has 5 heteroatoms. The van der Waals surface area contributed by atoms with E-state index in [4.69, 9.17) is 11.6 Å². The highest BCUT2D eigenvalue weighted by molar-refractivity contribution is 6.33. The summed E-state index contributed by atoms with van der Waals surface area (Å²) < 4.78 is 1.81. The zero-order chi connectivity index (χ0) is 13.8. The first kappa shape index (κ1) is 13.5. The summed E-state index contributed by atoms with van der Waals surface area (Å²) in [4.78, 5) is 0. The van der Waals surface area contributed by atoms with E-state index in [0.29, 0.717) is 10.9 Å². The molecule has 1 aliphatic rings. The Balaban J connectivity index is 1.77. The van der Waals surface area contributed by atoms with E-state index in [9.17, 15) is 0 Å². The number of rotatable bonds is 4. The number of para-hydroxylation sites is 1. The standard InChI is InChI=1S/C15H19ClN4/c16-13-5-1-6-14(15(13)20-9-3-8-19-20)18-11-12-4-2-7-17-10-12/h1,3,5-6,8-9,12,17-18H,2,4,7,10-11H2. The lowest BCUT2D eigenvalue weighted by atomic mass is 9.99. The number of nitrogens with one attached hydrogen (secondary N) is 2. The van der Waals surface area contributed by atoms with Crippen LogP contribution in [-0.2, 0) is 0 Å². The quantitative estimate of drug-likeness (QED) is 0.910. The monoisotopic (exact) mass is 290 g/mol. The van der Waals surface area contributed by atoms with Gasteiger partial charge in [-0.2, -0.15) is 5.10 Å². The van der Waals surface area contributed by atoms with E-state index in [2.05, 4.69) is 21.8 Å². The zero-order valence-electron chi connectivity index (χ0n) is 11.3. The molecule has 20 heavy (non-hydrogen) atoms. The Morgan fingerprint density at radius 2 is 2.35 bits per heavy atom. The number of aromatic nitrogens is 2. The predicted molar refractivity (Wildman–Crippen MR) is 82.7 cm³/mol. The van der Waals surface area contributed by atoms with Crippen molar-refractivity contribution in [1.82, 2.24) is 15.1 Å². The SMILES string of the molecule is Clc1cccc(NCC2CCCNC2)c1-n1cccn1. The Bertz CT molecular complexity index is 547. The molecule has 1 aromatic heterocycles. The van der Waals surface area contributed by atoms with Crippen molar-refractivity contribution in [2.45, 2.75) is 12.8 Å². The van der Waals surface area contributed by atoms with Gasteiger partial charge >= 0.3 is 0 Å². The summed E-state index contributed by atoms with van der Waals surface area (Å²) in [7, 11) is 0. The number of piperidine rings is 1. The van der Waals surface area contributed by atoms with Crippen LogP contribution >= 0.6 is 11.6 Å². The smallest absolute Gasteiger partial charge is 0.106 e. The molecule has 1 unspecified atom stereocenters. The molecule has 0 amide bonds. The summed E-state index contributed by atoms with van der Waals surface area (Å²) in [5.41, 5.74) is 1.95. The Morgan fingerprint density at radius 3 is 3.10 bits per heavy atom. The van der Waals surface area contributed by atoms with Crippen LogP contribution in [0, 0.1) is 5.92 Å². The second-order valence-corrected chi connectivity index (χ2v) is 5.59. The highest BCUT2D eigenvalue weighted by Gasteiger charge is 2.14. The van der Waals surface area contributed by atoms with Crippen LogP contribution in [0.4, 0.5) is 5.69 Å². The maximum Gasteiger partial charge on any atom is 0.106 e. The van der Waals surface area contributed by atoms with Gasteiger partial charge in [0.15, 0.2) is 0 Å². The lowest BCUT2D eigenvalue weighted by molar-refractivity contribution is 0.393. The van der Waals surface area contributed by atoms with Gasteiger partial charge in [0.05, 0.1) is 10.7 Å². The van der Waals surface area contributed by atoms with Gasteiger partial charge in [0.1, 0.15) is 5.69 Å². The minimum atomic E-state index is 0.674. The van der Waals surface area contributed by atoms with Gasteiger partial charge in [-0.15, -0.1) is 0 Å². The van der Waals surface area contributed by atoms with Crippen molar-refractivity contribution < 1.29 is 0 Å². The third-order valence-corrected chi connectivity index (χ3v) is 4.01. The number of hydrogen-bond acceptors (Lipinski definition) is 3. The fourth-order valence-corrected chi connectivity index (χ4v) is 2.91. The molecule has 2 heterocycles. The maximum absolute atomic E-state index is 6.33. The van der Waals surface area contributed by atoms with Crippen LogP contribution in [0.1, 0.15) is 12.8 Å². The van der Waals surface area contributed by atoms with Crippen LogP contribution in [0.25, 0.3) is 5.69 Å². The van der Waals surface area contributed by atoms with E-state index in [1.807, 2.05) is 29.1 Å². The van der Waals surface area contributed by atoms with Crippen molar-refractivity contribution in [3.05, 3.63) is 41.7 Å². The summed E-state index contributed by atoms with van der Waals surface area (Å²) in [5, 5.41) is 12.0. The molecular formula is C15H19ClN4. The Labute approximate surface area is 124 Å². The van der Waals surface area contributed by atoms with E-state index in [0.717, 1.165) is 31.0 Å². The average Bonchev–Trinajstić information content (AvgIpc) is 3.00. The molecule has 4 nitrogen and oxygen atoms in total. The van der Waals surface area contributed by atoms with Gasteiger partial charge in [-0.25, -0.2) is 4.68 Å². The fourth-order valence-electron chi connectivity index (χ4n) is 2.64. The fraction of sp³-hybridized carbons (Fsp3) is 0.400. The van der Waals surface area contributed by atoms with Crippen LogP contribution in [-0.4, -0.2) is 29.4 Å². The summed E-state index contributed by atoms with van der Waals surface area (Å²) in [5.74, 6) is 0.674. The first-order chi connectivity index (χ1) is 9.84. The molecule has 106 valence electrons. The third kappa shape index (κ3) is 2.97. The van der Waals surface area contributed by atoms with Gasteiger partial charge in [0.25, 0.3) is 0 Å². The van der Waals surface area contributed by atoms with E-state index in [1.54, 1.807) is 6.20 Å². The van der Waals surface area contributed by atoms with Crippen molar-refractivity contribution in [2.24, 2.45) is 5.92 Å². The third-order valence-electron chi connectivity index (χ3n) is 3.70. The molecule has 1 fully saturated rings. The summed E-state index contributed by atoms with van der Waals surface area (Å²) >= 11 is 6.33. The van der Waals surface area contributed by atoms with Crippen LogP contribution in [0.2, 0.25) is 5.02 Å². The lowest BCUT2D eigenvalue weighted by Gasteiger charge is -2.24. The first-order valence-electron chi connectivity index (χ1n) is 7.08. The van der Waals surface area contributed by atoms with Gasteiger partial charge < -0.3 is 10.6 Å². The van der Waals surface area contributed by atoms with Crippen molar-refractivity contribution in [2.75, 3.05) is 25.0 Å². The molecule has 3 rings (SSSR count). The molecule has 0 saturated carbocycles. The van der Waals surface area contributed by atoms with E-state index >= 15 is 0 Å². The van der Waals surface area contributed by atoms with Gasteiger partial charge in [0.2, 0.25) is 0 Å². The number of benzene rings is 1. The van der Waals surface area contributed by atoms with Gasteiger partial charge in [-0.1, -0.05) is 17.7 Å². The Kier molecular flexibility index (Phi) is 4.23. The van der Waals surface area contributed by atoms with Gasteiger partial charge in [0, 0.05) is 18.9 Å². The second-order valence-electron chi connectivity index (χ2n) is 5.18. The number of halogens is 1. The number of nitrogens with zero attached hydrogens (tertiary/aromatic N) is 2. The molecule has 2 aromatic rings. The first-order valence-corrected chi connectivity index (χ1v) is 7.45. The van der Waals surface area contributed by atoms with Gasteiger partial charge in [-0.05, 0) is 50.0 Å². The van der Waals surface area contributed by atoms with Crippen LogP contribution in [0.3, 0.4) is 0 Å². The van der Waals surface area contributed by atoms with Crippen molar-refractivity contribution in [3.8, 4) is 5.69 Å². The summed E-state index contributed by atoms with van der Waals surface area (Å²) in [6, 6.07) is 7.82. The zero-order valence-corrected chi connectivity index (χ0v) is 12.1. The molecule has 1 aliphatic heterocycles. The van der Waals surface area contributed by atoms with E-state index in [1.165, 1.54) is 12.8 Å². The molecule has 0 radical (unpaired) electrons. The van der Waals surface area contributed by atoms with Crippen molar-refractivity contribution in [3.63, 3.8) is 0 Å². The Hall–Kier alpha value is -1.52. The molecule has 1 aromatic carbocycles. The molecule has 1 atom stereocenters. The topological polar surface area (TPSA) is 41.9 Å². The van der Waals surface area contributed by atoms with Gasteiger partial charge in [-0.3, -0.25) is 0 Å². The number of anilines is 1. The highest BCUT2D eigenvalue weighted by Crippen LogP contribution is 2.28. The molecular weight excluding hydrogens is 272 g/mol. The summed E-state index contributed by atoms with van der Waals surface area (Å²) in [6.45, 7) is 3.19. The van der Waals surface area contributed by atoms with Crippen LogP contribution in [0.5, 0.6) is 0 Å². The average molecular weight is 291 g/mol. The van der Waals surface area contributed by atoms with E-state index < -0.39 is 0 Å². The normalized spacial score (nSPS) is 18.9. The minimum absolute atomic E-state index is 0.674. The predicted octanol–water partition coefficient (Wildman–Crippen LogP) is 2.94. The summed E-state index contributed by atoms with van der Waals surface area (Å²) in [6.07, 6.45) is 6.21. The lowest BCUT2D eigenvalue weighted by Crippen LogP contribution is -2.33. The molecule has 1 saturated heterocycles. The van der Waals surface area contributed by atoms with Crippen LogP contribution < -0.4 is 10.6 Å². The Morgan fingerprint density at radius 1 is 1.40 bits per heavy atom. The largest absolute Gasteiger partial charge is 0.383 e. The molecule has 0 aliphatic carbocycles. The number of hydrogen-bond donors (Lipinski definition) is 2. The second kappa shape index (κ2) is 6.29. The van der Waals surface area contributed by atoms with E-state index in [-0.39, 0.29) is 0 Å². The van der Waals surface area contributed by atoms with Crippen molar-refractivity contribution in [1.29, 1.82) is 0 Å². The molecule has 0 spiro atoms. The van der Waals surface area contributed by atoms with Crippen molar-refractivity contribution >= 4 is 17.3 Å².